The maximum absolute atomic E-state index is 5.73. The van der Waals surface area contributed by atoms with Gasteiger partial charge in [0, 0.05) is 0 Å². The van der Waals surface area contributed by atoms with Crippen LogP contribution in [0.25, 0.3) is 0 Å². The topological polar surface area (TPSA) is 21.3 Å². The third-order valence-electron chi connectivity index (χ3n) is 5.29. The Morgan fingerprint density at radius 2 is 2.15 bits per heavy atom. The Morgan fingerprint density at radius 3 is 3.05 bits per heavy atom. The molecule has 2 atom stereocenters. The molecule has 0 aromatic heterocycles. The molecule has 2 unspecified atom stereocenters. The molecule has 2 aliphatic rings. The Balaban J connectivity index is 1.95. The third kappa shape index (κ3) is 2.58. The fourth-order valence-corrected chi connectivity index (χ4v) is 4.33. The minimum Gasteiger partial charge on any atom is -0.494 e. The lowest BCUT2D eigenvalue weighted by Gasteiger charge is -2.44. The summed E-state index contributed by atoms with van der Waals surface area (Å²) in [5, 5.41) is 3.65. The molecule has 0 radical (unpaired) electrons. The van der Waals surface area contributed by atoms with E-state index in [0.717, 1.165) is 18.3 Å². The second kappa shape index (κ2) is 6.17. The van der Waals surface area contributed by atoms with Gasteiger partial charge in [0.05, 0.1) is 6.61 Å². The summed E-state index contributed by atoms with van der Waals surface area (Å²) in [6.07, 6.45) is 8.16. The minimum absolute atomic E-state index is 0.398. The van der Waals surface area contributed by atoms with Gasteiger partial charge >= 0.3 is 0 Å². The highest BCUT2D eigenvalue weighted by atomic mass is 16.5. The van der Waals surface area contributed by atoms with Crippen LogP contribution in [0.5, 0.6) is 5.75 Å². The maximum Gasteiger partial charge on any atom is 0.119 e. The molecule has 1 saturated carbocycles. The van der Waals surface area contributed by atoms with Gasteiger partial charge in [0.25, 0.3) is 0 Å². The van der Waals surface area contributed by atoms with Crippen LogP contribution in [0.1, 0.15) is 51.0 Å². The first-order valence-corrected chi connectivity index (χ1v) is 8.29. The number of hydrogen-bond acceptors (Lipinski definition) is 2. The van der Waals surface area contributed by atoms with Crippen LogP contribution in [-0.4, -0.2) is 19.7 Å². The standard InChI is InChI=1S/C18H27NO/c1-2-20-17-9-5-8-15(13-17)18-10-4-3-7-16(18)14-19-12-6-11-18/h5,8-9,13,16,19H,2-4,6-7,10-12,14H2,1H3. The lowest BCUT2D eigenvalue weighted by atomic mass is 9.61. The largest absolute Gasteiger partial charge is 0.494 e. The van der Waals surface area contributed by atoms with E-state index < -0.39 is 0 Å². The van der Waals surface area contributed by atoms with Gasteiger partial charge in [0.2, 0.25) is 0 Å². The van der Waals surface area contributed by atoms with Gasteiger partial charge in [0.15, 0.2) is 0 Å². The quantitative estimate of drug-likeness (QED) is 0.902. The lowest BCUT2D eigenvalue weighted by Crippen LogP contribution is -2.40. The molecule has 1 heterocycles. The van der Waals surface area contributed by atoms with Gasteiger partial charge in [-0.3, -0.25) is 0 Å². The van der Waals surface area contributed by atoms with Crippen molar-refractivity contribution in [2.24, 2.45) is 5.92 Å². The average Bonchev–Trinajstić information content (AvgIpc) is 2.71. The molecule has 1 aromatic rings. The van der Waals surface area contributed by atoms with E-state index in [-0.39, 0.29) is 0 Å². The summed E-state index contributed by atoms with van der Waals surface area (Å²) in [6.45, 7) is 5.19. The van der Waals surface area contributed by atoms with Crippen molar-refractivity contribution in [1.29, 1.82) is 0 Å². The number of benzene rings is 1. The molecule has 0 bridgehead atoms. The Hall–Kier alpha value is -1.02. The highest BCUT2D eigenvalue weighted by Gasteiger charge is 2.42. The summed E-state index contributed by atoms with van der Waals surface area (Å²) >= 11 is 0. The van der Waals surface area contributed by atoms with E-state index in [9.17, 15) is 0 Å². The van der Waals surface area contributed by atoms with Crippen molar-refractivity contribution in [2.75, 3.05) is 19.7 Å². The number of ether oxygens (including phenoxy) is 1. The van der Waals surface area contributed by atoms with E-state index in [4.69, 9.17) is 4.74 Å². The van der Waals surface area contributed by atoms with Gasteiger partial charge in [-0.1, -0.05) is 25.0 Å². The Morgan fingerprint density at radius 1 is 1.25 bits per heavy atom. The van der Waals surface area contributed by atoms with Gasteiger partial charge in [-0.15, -0.1) is 0 Å². The van der Waals surface area contributed by atoms with Crippen molar-refractivity contribution >= 4 is 0 Å². The Bertz CT molecular complexity index is 445. The molecule has 1 aliphatic heterocycles. The van der Waals surface area contributed by atoms with Crippen LogP contribution in [-0.2, 0) is 5.41 Å². The number of hydrogen-bond donors (Lipinski definition) is 1. The first-order chi connectivity index (χ1) is 9.85. The molecule has 1 aromatic carbocycles. The highest BCUT2D eigenvalue weighted by Crippen LogP contribution is 2.48. The zero-order valence-corrected chi connectivity index (χ0v) is 12.7. The molecule has 110 valence electrons. The molecule has 1 aliphatic carbocycles. The zero-order chi connectivity index (χ0) is 13.8. The van der Waals surface area contributed by atoms with Crippen molar-refractivity contribution < 1.29 is 4.74 Å². The van der Waals surface area contributed by atoms with Gasteiger partial charge in [-0.05, 0) is 74.7 Å². The molecule has 3 rings (SSSR count). The molecule has 1 N–H and O–H groups in total. The molecule has 0 spiro atoms. The molecular weight excluding hydrogens is 246 g/mol. The first-order valence-electron chi connectivity index (χ1n) is 8.29. The molecule has 0 amide bonds. The SMILES string of the molecule is CCOc1cccc(C23CCCCC2CNCCC3)c1. The van der Waals surface area contributed by atoms with E-state index in [1.807, 2.05) is 0 Å². The number of nitrogens with one attached hydrogen (secondary N) is 1. The summed E-state index contributed by atoms with van der Waals surface area (Å²) < 4.78 is 5.73. The van der Waals surface area contributed by atoms with Gasteiger partial charge in [0.1, 0.15) is 5.75 Å². The second-order valence-electron chi connectivity index (χ2n) is 6.37. The minimum atomic E-state index is 0.398. The summed E-state index contributed by atoms with van der Waals surface area (Å²) in [5.74, 6) is 1.84. The average molecular weight is 273 g/mol. The molecule has 2 heteroatoms. The zero-order valence-electron chi connectivity index (χ0n) is 12.7. The van der Waals surface area contributed by atoms with Crippen molar-refractivity contribution in [2.45, 2.75) is 50.9 Å². The second-order valence-corrected chi connectivity index (χ2v) is 6.37. The molecule has 2 fully saturated rings. The van der Waals surface area contributed by atoms with Gasteiger partial charge < -0.3 is 10.1 Å². The van der Waals surface area contributed by atoms with Gasteiger partial charge in [-0.25, -0.2) is 0 Å². The number of fused-ring (bicyclic) bond motifs is 1. The van der Waals surface area contributed by atoms with Crippen molar-refractivity contribution in [3.8, 4) is 5.75 Å². The Labute approximate surface area is 122 Å². The normalized spacial score (nSPS) is 30.4. The van der Waals surface area contributed by atoms with E-state index in [2.05, 4.69) is 36.5 Å². The third-order valence-corrected chi connectivity index (χ3v) is 5.29. The molecule has 1 saturated heterocycles. The summed E-state index contributed by atoms with van der Waals surface area (Å²) in [7, 11) is 0. The molecule has 2 nitrogen and oxygen atoms in total. The lowest BCUT2D eigenvalue weighted by molar-refractivity contribution is 0.180. The van der Waals surface area contributed by atoms with E-state index in [1.54, 1.807) is 0 Å². The van der Waals surface area contributed by atoms with Gasteiger partial charge in [-0.2, -0.15) is 0 Å². The predicted octanol–water partition coefficient (Wildman–Crippen LogP) is 3.90. The van der Waals surface area contributed by atoms with E-state index >= 15 is 0 Å². The molecular formula is C18H27NO. The fourth-order valence-electron chi connectivity index (χ4n) is 4.33. The summed E-state index contributed by atoms with van der Waals surface area (Å²) in [4.78, 5) is 0. The van der Waals surface area contributed by atoms with Crippen molar-refractivity contribution in [3.05, 3.63) is 29.8 Å². The smallest absolute Gasteiger partial charge is 0.119 e. The van der Waals surface area contributed by atoms with Crippen LogP contribution >= 0.6 is 0 Å². The predicted molar refractivity (Wildman–Crippen MR) is 83.4 cm³/mol. The summed E-state index contributed by atoms with van der Waals surface area (Å²) in [6, 6.07) is 8.93. The fraction of sp³-hybridized carbons (Fsp3) is 0.667. The monoisotopic (exact) mass is 273 g/mol. The van der Waals surface area contributed by atoms with Crippen LogP contribution in [0.3, 0.4) is 0 Å². The van der Waals surface area contributed by atoms with E-state index in [0.29, 0.717) is 5.41 Å². The Kier molecular flexibility index (Phi) is 4.30. The molecule has 20 heavy (non-hydrogen) atoms. The number of rotatable bonds is 3. The van der Waals surface area contributed by atoms with Crippen LogP contribution in [0.4, 0.5) is 0 Å². The maximum atomic E-state index is 5.73. The first kappa shape index (κ1) is 13.9. The van der Waals surface area contributed by atoms with Crippen LogP contribution in [0, 0.1) is 5.92 Å². The van der Waals surface area contributed by atoms with Crippen molar-refractivity contribution in [3.63, 3.8) is 0 Å². The van der Waals surface area contributed by atoms with E-state index in [1.165, 1.54) is 57.2 Å². The van der Waals surface area contributed by atoms with Crippen LogP contribution in [0.15, 0.2) is 24.3 Å². The highest BCUT2D eigenvalue weighted by molar-refractivity contribution is 5.35. The van der Waals surface area contributed by atoms with Crippen LogP contribution < -0.4 is 10.1 Å². The van der Waals surface area contributed by atoms with Crippen molar-refractivity contribution in [1.82, 2.24) is 5.32 Å². The summed E-state index contributed by atoms with van der Waals surface area (Å²) in [5.41, 5.74) is 1.92. The van der Waals surface area contributed by atoms with Crippen LogP contribution in [0.2, 0.25) is 0 Å².